The highest BCUT2D eigenvalue weighted by molar-refractivity contribution is 5.95. The molecular formula is C18H23N3O. The van der Waals surface area contributed by atoms with Gasteiger partial charge in [-0.3, -0.25) is 9.78 Å². The zero-order valence-corrected chi connectivity index (χ0v) is 13.5. The molecule has 0 saturated carbocycles. The van der Waals surface area contributed by atoms with Crippen LogP contribution in [0.5, 0.6) is 0 Å². The highest BCUT2D eigenvalue weighted by Crippen LogP contribution is 2.28. The smallest absolute Gasteiger partial charge is 0.242 e. The van der Waals surface area contributed by atoms with Crippen LogP contribution in [-0.2, 0) is 4.79 Å². The number of anilines is 1. The molecule has 1 aromatic carbocycles. The lowest BCUT2D eigenvalue weighted by atomic mass is 10.1. The third-order valence-electron chi connectivity index (χ3n) is 4.19. The Morgan fingerprint density at radius 2 is 2.05 bits per heavy atom. The molecule has 1 aliphatic rings. The van der Waals surface area contributed by atoms with E-state index in [9.17, 15) is 4.79 Å². The number of hydrogen-bond donors (Lipinski definition) is 0. The lowest BCUT2D eigenvalue weighted by Gasteiger charge is -2.36. The summed E-state index contributed by atoms with van der Waals surface area (Å²) in [6.07, 6.45) is 1.84. The Balaban J connectivity index is 1.87. The average Bonchev–Trinajstić information content (AvgIpc) is 2.49. The topological polar surface area (TPSA) is 36.4 Å². The minimum absolute atomic E-state index is 0.220. The van der Waals surface area contributed by atoms with E-state index in [1.165, 1.54) is 5.56 Å². The monoisotopic (exact) mass is 297 g/mol. The third-order valence-corrected chi connectivity index (χ3v) is 4.19. The van der Waals surface area contributed by atoms with E-state index >= 15 is 0 Å². The number of carbonyl (C=O) groups excluding carboxylic acids is 1. The summed E-state index contributed by atoms with van der Waals surface area (Å²) in [7, 11) is 0. The van der Waals surface area contributed by atoms with Crippen LogP contribution in [0.15, 0.2) is 30.5 Å². The molecule has 0 atom stereocenters. The van der Waals surface area contributed by atoms with Crippen molar-refractivity contribution < 1.29 is 4.79 Å². The largest absolute Gasteiger partial charge is 0.360 e. The molecule has 1 fully saturated rings. The Hall–Kier alpha value is -2.10. The summed E-state index contributed by atoms with van der Waals surface area (Å²) in [6, 6.07) is 8.24. The number of amides is 1. The first kappa shape index (κ1) is 14.8. The molecule has 0 aliphatic carbocycles. The fourth-order valence-corrected chi connectivity index (χ4v) is 3.13. The highest BCUT2D eigenvalue weighted by Gasteiger charge is 2.25. The second kappa shape index (κ2) is 5.95. The lowest BCUT2D eigenvalue weighted by molar-refractivity contribution is -0.131. The van der Waals surface area contributed by atoms with Crippen molar-refractivity contribution in [1.82, 2.24) is 9.88 Å². The first-order valence-corrected chi connectivity index (χ1v) is 7.93. The first-order chi connectivity index (χ1) is 10.6. The molecule has 0 spiro atoms. The van der Waals surface area contributed by atoms with Gasteiger partial charge in [0.05, 0.1) is 12.1 Å². The summed E-state index contributed by atoms with van der Waals surface area (Å²) >= 11 is 0. The molecule has 0 N–H and O–H groups in total. The zero-order valence-electron chi connectivity index (χ0n) is 13.5. The van der Waals surface area contributed by atoms with Gasteiger partial charge >= 0.3 is 0 Å². The van der Waals surface area contributed by atoms with Crippen molar-refractivity contribution in [3.63, 3.8) is 0 Å². The molecule has 1 amide bonds. The van der Waals surface area contributed by atoms with E-state index in [1.54, 1.807) is 0 Å². The standard InChI is InChI=1S/C18H23N3O/c1-13(2)11-21-10-9-20(12-17(21)22)16-7-8-19-18-14(3)5-4-6-15(16)18/h4-8,13H,9-12H2,1-3H3. The van der Waals surface area contributed by atoms with Crippen LogP contribution in [0.1, 0.15) is 19.4 Å². The van der Waals surface area contributed by atoms with Crippen LogP contribution in [0.25, 0.3) is 10.9 Å². The fourth-order valence-electron chi connectivity index (χ4n) is 3.13. The van der Waals surface area contributed by atoms with Crippen molar-refractivity contribution in [1.29, 1.82) is 0 Å². The van der Waals surface area contributed by atoms with Crippen molar-refractivity contribution in [2.24, 2.45) is 5.92 Å². The van der Waals surface area contributed by atoms with E-state index in [0.717, 1.165) is 36.2 Å². The molecule has 0 bridgehead atoms. The number of hydrogen-bond acceptors (Lipinski definition) is 3. The Kier molecular flexibility index (Phi) is 4.01. The van der Waals surface area contributed by atoms with E-state index in [1.807, 2.05) is 17.2 Å². The minimum Gasteiger partial charge on any atom is -0.360 e. The number of para-hydroxylation sites is 1. The Bertz CT molecular complexity index is 696. The molecule has 1 aromatic heterocycles. The van der Waals surface area contributed by atoms with Crippen molar-refractivity contribution in [2.75, 3.05) is 31.1 Å². The normalized spacial score (nSPS) is 15.9. The zero-order chi connectivity index (χ0) is 15.7. The molecule has 0 unspecified atom stereocenters. The van der Waals surface area contributed by atoms with Crippen LogP contribution >= 0.6 is 0 Å². The van der Waals surface area contributed by atoms with E-state index in [2.05, 4.69) is 48.9 Å². The number of pyridine rings is 1. The Labute approximate surface area is 131 Å². The molecule has 1 aliphatic heterocycles. The summed E-state index contributed by atoms with van der Waals surface area (Å²) in [4.78, 5) is 21.0. The van der Waals surface area contributed by atoms with Gasteiger partial charge in [0, 0.05) is 36.9 Å². The maximum absolute atomic E-state index is 12.4. The van der Waals surface area contributed by atoms with Gasteiger partial charge in [-0.05, 0) is 24.5 Å². The molecule has 4 heteroatoms. The number of aromatic nitrogens is 1. The first-order valence-electron chi connectivity index (χ1n) is 7.93. The maximum Gasteiger partial charge on any atom is 0.242 e. The minimum atomic E-state index is 0.220. The third kappa shape index (κ3) is 2.78. The SMILES string of the molecule is Cc1cccc2c(N3CCN(CC(C)C)C(=O)C3)ccnc12. The van der Waals surface area contributed by atoms with Gasteiger partial charge in [-0.2, -0.15) is 0 Å². The van der Waals surface area contributed by atoms with E-state index in [0.29, 0.717) is 12.5 Å². The maximum atomic E-state index is 12.4. The molecular weight excluding hydrogens is 274 g/mol. The van der Waals surface area contributed by atoms with Gasteiger partial charge < -0.3 is 9.80 Å². The van der Waals surface area contributed by atoms with Crippen LogP contribution in [0, 0.1) is 12.8 Å². The Morgan fingerprint density at radius 3 is 2.77 bits per heavy atom. The van der Waals surface area contributed by atoms with Gasteiger partial charge in [0.2, 0.25) is 5.91 Å². The summed E-state index contributed by atoms with van der Waals surface area (Å²) in [6.45, 7) is 9.36. The number of carbonyl (C=O) groups is 1. The van der Waals surface area contributed by atoms with Gasteiger partial charge in [0.25, 0.3) is 0 Å². The average molecular weight is 297 g/mol. The molecule has 2 aromatic rings. The van der Waals surface area contributed by atoms with E-state index in [-0.39, 0.29) is 5.91 Å². The lowest BCUT2D eigenvalue weighted by Crippen LogP contribution is -2.51. The molecule has 3 rings (SSSR count). The van der Waals surface area contributed by atoms with Gasteiger partial charge in [-0.25, -0.2) is 0 Å². The van der Waals surface area contributed by atoms with Crippen molar-refractivity contribution in [2.45, 2.75) is 20.8 Å². The van der Waals surface area contributed by atoms with Crippen LogP contribution in [-0.4, -0.2) is 42.0 Å². The summed E-state index contributed by atoms with van der Waals surface area (Å²) in [5.41, 5.74) is 3.31. The predicted molar refractivity (Wildman–Crippen MR) is 90.1 cm³/mol. The van der Waals surface area contributed by atoms with Crippen molar-refractivity contribution in [3.05, 3.63) is 36.0 Å². The van der Waals surface area contributed by atoms with Crippen LogP contribution in [0.2, 0.25) is 0 Å². The summed E-state index contributed by atoms with van der Waals surface area (Å²) < 4.78 is 0. The number of piperazine rings is 1. The highest BCUT2D eigenvalue weighted by atomic mass is 16.2. The summed E-state index contributed by atoms with van der Waals surface area (Å²) in [5.74, 6) is 0.734. The van der Waals surface area contributed by atoms with Crippen LogP contribution in [0.4, 0.5) is 5.69 Å². The molecule has 22 heavy (non-hydrogen) atoms. The molecule has 4 nitrogen and oxygen atoms in total. The molecule has 116 valence electrons. The number of rotatable bonds is 3. The number of nitrogens with zero attached hydrogens (tertiary/aromatic N) is 3. The van der Waals surface area contributed by atoms with Crippen LogP contribution < -0.4 is 4.90 Å². The van der Waals surface area contributed by atoms with Crippen molar-refractivity contribution >= 4 is 22.5 Å². The molecule has 1 saturated heterocycles. The second-order valence-electron chi connectivity index (χ2n) is 6.46. The van der Waals surface area contributed by atoms with Gasteiger partial charge in [-0.1, -0.05) is 32.0 Å². The molecule has 2 heterocycles. The fraction of sp³-hybridized carbons (Fsp3) is 0.444. The number of aryl methyl sites for hydroxylation is 1. The number of benzene rings is 1. The van der Waals surface area contributed by atoms with E-state index in [4.69, 9.17) is 0 Å². The van der Waals surface area contributed by atoms with Crippen molar-refractivity contribution in [3.8, 4) is 0 Å². The number of fused-ring (bicyclic) bond motifs is 1. The summed E-state index contributed by atoms with van der Waals surface area (Å²) in [5, 5.41) is 1.13. The molecule has 0 radical (unpaired) electrons. The predicted octanol–water partition coefficient (Wildman–Crippen LogP) is 2.85. The van der Waals surface area contributed by atoms with Crippen LogP contribution in [0.3, 0.4) is 0 Å². The van der Waals surface area contributed by atoms with Gasteiger partial charge in [-0.15, -0.1) is 0 Å². The quantitative estimate of drug-likeness (QED) is 0.874. The van der Waals surface area contributed by atoms with Gasteiger partial charge in [0.15, 0.2) is 0 Å². The van der Waals surface area contributed by atoms with E-state index < -0.39 is 0 Å². The van der Waals surface area contributed by atoms with Gasteiger partial charge in [0.1, 0.15) is 0 Å². The Morgan fingerprint density at radius 1 is 1.23 bits per heavy atom. The second-order valence-corrected chi connectivity index (χ2v) is 6.46.